The molecule has 6 nitrogen and oxygen atoms in total. The van der Waals surface area contributed by atoms with Crippen molar-refractivity contribution in [1.82, 2.24) is 10.3 Å². The lowest BCUT2D eigenvalue weighted by molar-refractivity contribution is -0.384. The van der Waals surface area contributed by atoms with E-state index < -0.39 is 0 Å². The predicted octanol–water partition coefficient (Wildman–Crippen LogP) is 3.30. The van der Waals surface area contributed by atoms with E-state index in [2.05, 4.69) is 15.6 Å². The van der Waals surface area contributed by atoms with Crippen molar-refractivity contribution in [2.24, 2.45) is 0 Å². The second-order valence-electron chi connectivity index (χ2n) is 4.84. The standard InChI is InChI=1S/C15H20N4O2S/c1-3-17-15-18-13(5-4-10-16-2)14(22-15)11-6-8-12(9-7-11)19(20)21/h6-9,16H,3-5,10H2,1-2H3,(H,17,18). The van der Waals surface area contributed by atoms with Gasteiger partial charge < -0.3 is 10.6 Å². The summed E-state index contributed by atoms with van der Waals surface area (Å²) in [5.74, 6) is 0. The van der Waals surface area contributed by atoms with E-state index in [4.69, 9.17) is 0 Å². The van der Waals surface area contributed by atoms with Gasteiger partial charge in [-0.25, -0.2) is 4.98 Å². The number of hydrogen-bond acceptors (Lipinski definition) is 6. The molecule has 2 rings (SSSR count). The van der Waals surface area contributed by atoms with Crippen molar-refractivity contribution in [3.8, 4) is 10.4 Å². The highest BCUT2D eigenvalue weighted by Crippen LogP contribution is 2.34. The third-order valence-corrected chi connectivity index (χ3v) is 4.31. The van der Waals surface area contributed by atoms with Crippen LogP contribution in [-0.2, 0) is 6.42 Å². The minimum atomic E-state index is -0.381. The van der Waals surface area contributed by atoms with Gasteiger partial charge in [-0.3, -0.25) is 10.1 Å². The molecule has 118 valence electrons. The Balaban J connectivity index is 2.28. The van der Waals surface area contributed by atoms with E-state index in [0.29, 0.717) is 0 Å². The van der Waals surface area contributed by atoms with Crippen LogP contribution >= 0.6 is 11.3 Å². The second kappa shape index (κ2) is 7.86. The molecule has 0 spiro atoms. The predicted molar refractivity (Wildman–Crippen MR) is 90.6 cm³/mol. The average Bonchev–Trinajstić information content (AvgIpc) is 2.91. The zero-order valence-electron chi connectivity index (χ0n) is 12.8. The maximum atomic E-state index is 10.8. The van der Waals surface area contributed by atoms with Gasteiger partial charge in [0.05, 0.1) is 15.5 Å². The van der Waals surface area contributed by atoms with Gasteiger partial charge >= 0.3 is 0 Å². The van der Waals surface area contributed by atoms with Gasteiger partial charge in [0.25, 0.3) is 5.69 Å². The van der Waals surface area contributed by atoms with E-state index in [1.165, 1.54) is 0 Å². The van der Waals surface area contributed by atoms with Gasteiger partial charge in [0.1, 0.15) is 0 Å². The van der Waals surface area contributed by atoms with Crippen LogP contribution in [0.25, 0.3) is 10.4 Å². The molecule has 0 aliphatic heterocycles. The van der Waals surface area contributed by atoms with Crippen molar-refractivity contribution in [3.63, 3.8) is 0 Å². The summed E-state index contributed by atoms with van der Waals surface area (Å²) >= 11 is 1.60. The summed E-state index contributed by atoms with van der Waals surface area (Å²) in [7, 11) is 1.93. The lowest BCUT2D eigenvalue weighted by Gasteiger charge is -2.02. The molecule has 0 atom stereocenters. The molecule has 2 N–H and O–H groups in total. The van der Waals surface area contributed by atoms with Crippen LogP contribution < -0.4 is 10.6 Å². The molecule has 7 heteroatoms. The number of nitrogens with one attached hydrogen (secondary N) is 2. The van der Waals surface area contributed by atoms with Gasteiger partial charge in [-0.15, -0.1) is 0 Å². The number of nitro groups is 1. The van der Waals surface area contributed by atoms with E-state index in [-0.39, 0.29) is 10.6 Å². The normalized spacial score (nSPS) is 10.6. The van der Waals surface area contributed by atoms with Crippen LogP contribution in [0.1, 0.15) is 19.0 Å². The van der Waals surface area contributed by atoms with Crippen LogP contribution in [0.2, 0.25) is 0 Å². The third kappa shape index (κ3) is 4.02. The average molecular weight is 320 g/mol. The molecule has 0 saturated carbocycles. The molecule has 0 saturated heterocycles. The molecule has 1 aromatic carbocycles. The van der Waals surface area contributed by atoms with E-state index in [1.54, 1.807) is 35.6 Å². The largest absolute Gasteiger partial charge is 0.362 e. The summed E-state index contributed by atoms with van der Waals surface area (Å²) < 4.78 is 0. The summed E-state index contributed by atoms with van der Waals surface area (Å²) in [6, 6.07) is 6.67. The molecule has 0 aliphatic carbocycles. The van der Waals surface area contributed by atoms with Gasteiger partial charge in [-0.1, -0.05) is 11.3 Å². The molecule has 0 unspecified atom stereocenters. The van der Waals surface area contributed by atoms with Crippen LogP contribution in [0.4, 0.5) is 10.8 Å². The van der Waals surface area contributed by atoms with Crippen molar-refractivity contribution >= 4 is 22.2 Å². The molecule has 1 aromatic heterocycles. The monoisotopic (exact) mass is 320 g/mol. The number of non-ortho nitro benzene ring substituents is 1. The zero-order valence-corrected chi connectivity index (χ0v) is 13.6. The van der Waals surface area contributed by atoms with Crippen molar-refractivity contribution in [2.75, 3.05) is 25.5 Å². The topological polar surface area (TPSA) is 80.1 Å². The third-order valence-electron chi connectivity index (χ3n) is 3.21. The highest BCUT2D eigenvalue weighted by Gasteiger charge is 2.14. The maximum absolute atomic E-state index is 10.8. The number of rotatable bonds is 8. The minimum Gasteiger partial charge on any atom is -0.362 e. The fourth-order valence-corrected chi connectivity index (χ4v) is 3.23. The van der Waals surface area contributed by atoms with Crippen LogP contribution in [0, 0.1) is 10.1 Å². The first-order chi connectivity index (χ1) is 10.7. The molecule has 1 heterocycles. The Bertz CT molecular complexity index is 625. The molecule has 0 amide bonds. The Morgan fingerprint density at radius 3 is 2.64 bits per heavy atom. The van der Waals surface area contributed by atoms with Crippen molar-refractivity contribution < 1.29 is 4.92 Å². The van der Waals surface area contributed by atoms with Gasteiger partial charge in [0.2, 0.25) is 0 Å². The number of aryl methyl sites for hydroxylation is 1. The molecule has 0 fully saturated rings. The number of benzene rings is 1. The highest BCUT2D eigenvalue weighted by molar-refractivity contribution is 7.19. The minimum absolute atomic E-state index is 0.108. The first-order valence-corrected chi connectivity index (χ1v) is 8.10. The number of thiazole rings is 1. The van der Waals surface area contributed by atoms with Crippen molar-refractivity contribution in [2.45, 2.75) is 19.8 Å². The van der Waals surface area contributed by atoms with Crippen LogP contribution in [-0.4, -0.2) is 30.0 Å². The Hall–Kier alpha value is -1.99. The second-order valence-corrected chi connectivity index (χ2v) is 5.84. The van der Waals surface area contributed by atoms with E-state index in [0.717, 1.165) is 47.2 Å². The molecule has 2 aromatic rings. The summed E-state index contributed by atoms with van der Waals surface area (Å²) in [4.78, 5) is 16.1. The van der Waals surface area contributed by atoms with Gasteiger partial charge in [0, 0.05) is 18.7 Å². The van der Waals surface area contributed by atoms with Crippen LogP contribution in [0.5, 0.6) is 0 Å². The molecule has 0 radical (unpaired) electrons. The Labute approximate surface area is 133 Å². The molecule has 0 bridgehead atoms. The highest BCUT2D eigenvalue weighted by atomic mass is 32.1. The van der Waals surface area contributed by atoms with Crippen molar-refractivity contribution in [3.05, 3.63) is 40.1 Å². The van der Waals surface area contributed by atoms with E-state index >= 15 is 0 Å². The number of hydrogen-bond donors (Lipinski definition) is 2. The van der Waals surface area contributed by atoms with Gasteiger partial charge in [-0.2, -0.15) is 0 Å². The lowest BCUT2D eigenvalue weighted by Crippen LogP contribution is -2.08. The molecule has 0 aliphatic rings. The quantitative estimate of drug-likeness (QED) is 0.443. The van der Waals surface area contributed by atoms with Gasteiger partial charge in [-0.05, 0) is 51.1 Å². The zero-order chi connectivity index (χ0) is 15.9. The number of anilines is 1. The maximum Gasteiger partial charge on any atom is 0.269 e. The smallest absolute Gasteiger partial charge is 0.269 e. The Morgan fingerprint density at radius 2 is 2.05 bits per heavy atom. The first kappa shape index (κ1) is 16.4. The summed E-state index contributed by atoms with van der Waals surface area (Å²) in [5.41, 5.74) is 2.13. The lowest BCUT2D eigenvalue weighted by atomic mass is 10.1. The van der Waals surface area contributed by atoms with E-state index in [1.807, 2.05) is 14.0 Å². The van der Waals surface area contributed by atoms with Crippen LogP contribution in [0.3, 0.4) is 0 Å². The molecule has 22 heavy (non-hydrogen) atoms. The van der Waals surface area contributed by atoms with E-state index in [9.17, 15) is 10.1 Å². The van der Waals surface area contributed by atoms with Crippen molar-refractivity contribution in [1.29, 1.82) is 0 Å². The summed E-state index contributed by atoms with van der Waals surface area (Å²) in [6.45, 7) is 3.80. The number of nitro benzene ring substituents is 1. The van der Waals surface area contributed by atoms with Gasteiger partial charge in [0.15, 0.2) is 5.13 Å². The molecular weight excluding hydrogens is 300 g/mol. The number of aromatic nitrogens is 1. The Kier molecular flexibility index (Phi) is 5.85. The Morgan fingerprint density at radius 1 is 1.32 bits per heavy atom. The van der Waals surface area contributed by atoms with Crippen LogP contribution in [0.15, 0.2) is 24.3 Å². The first-order valence-electron chi connectivity index (χ1n) is 7.28. The SMILES string of the molecule is CCNc1nc(CCCNC)c(-c2ccc([N+](=O)[O-])cc2)s1. The number of nitrogens with zero attached hydrogens (tertiary/aromatic N) is 2. The molecular formula is C15H20N4O2S. The summed E-state index contributed by atoms with van der Waals surface area (Å²) in [6.07, 6.45) is 1.89. The fraction of sp³-hybridized carbons (Fsp3) is 0.400. The summed E-state index contributed by atoms with van der Waals surface area (Å²) in [5, 5.41) is 18.0. The fourth-order valence-electron chi connectivity index (χ4n) is 2.14.